The van der Waals surface area contributed by atoms with Crippen LogP contribution in [0.25, 0.3) is 0 Å². The molecule has 0 bridgehead atoms. The van der Waals surface area contributed by atoms with Crippen molar-refractivity contribution in [2.75, 3.05) is 11.4 Å². The zero-order chi connectivity index (χ0) is 10.1. The van der Waals surface area contributed by atoms with Crippen LogP contribution in [0.5, 0.6) is 0 Å². The van der Waals surface area contributed by atoms with Gasteiger partial charge < -0.3 is 0 Å². The van der Waals surface area contributed by atoms with Gasteiger partial charge in [0.15, 0.2) is 0 Å². The Morgan fingerprint density at radius 1 is 1.36 bits per heavy atom. The zero-order valence-corrected chi connectivity index (χ0v) is 8.58. The Balaban J connectivity index is 2.35. The molecule has 3 nitrogen and oxygen atoms in total. The van der Waals surface area contributed by atoms with E-state index >= 15 is 0 Å². The minimum absolute atomic E-state index is 0.197. The standard InChI is InChI=1S/C11H14N2O/c1-8-6-9(2)12-10(7-8)13-5-3-4-11(13)14/h6-7H,3-5H2,1-2H3. The SMILES string of the molecule is Cc1cc(C)nc(N2CCCC2=O)c1. The summed E-state index contributed by atoms with van der Waals surface area (Å²) < 4.78 is 0. The van der Waals surface area contributed by atoms with E-state index in [-0.39, 0.29) is 5.91 Å². The van der Waals surface area contributed by atoms with Gasteiger partial charge in [-0.1, -0.05) is 0 Å². The molecule has 1 aromatic rings. The van der Waals surface area contributed by atoms with E-state index in [1.807, 2.05) is 26.0 Å². The maximum absolute atomic E-state index is 11.5. The van der Waals surface area contributed by atoms with Gasteiger partial charge in [0.1, 0.15) is 5.82 Å². The van der Waals surface area contributed by atoms with Crippen LogP contribution in [0.4, 0.5) is 5.82 Å². The van der Waals surface area contributed by atoms with Crippen molar-refractivity contribution >= 4 is 11.7 Å². The highest BCUT2D eigenvalue weighted by Gasteiger charge is 2.22. The van der Waals surface area contributed by atoms with Crippen LogP contribution in [-0.4, -0.2) is 17.4 Å². The normalized spacial score (nSPS) is 16.4. The van der Waals surface area contributed by atoms with Crippen molar-refractivity contribution in [2.45, 2.75) is 26.7 Å². The second-order valence-corrected chi connectivity index (χ2v) is 3.79. The van der Waals surface area contributed by atoms with Crippen LogP contribution in [-0.2, 0) is 4.79 Å². The topological polar surface area (TPSA) is 33.2 Å². The minimum atomic E-state index is 0.197. The summed E-state index contributed by atoms with van der Waals surface area (Å²) in [6, 6.07) is 3.99. The van der Waals surface area contributed by atoms with Crippen molar-refractivity contribution < 1.29 is 4.79 Å². The van der Waals surface area contributed by atoms with Crippen LogP contribution in [0.1, 0.15) is 24.1 Å². The molecule has 14 heavy (non-hydrogen) atoms. The highest BCUT2D eigenvalue weighted by Crippen LogP contribution is 2.20. The van der Waals surface area contributed by atoms with Crippen LogP contribution >= 0.6 is 0 Å². The van der Waals surface area contributed by atoms with Crippen molar-refractivity contribution in [1.82, 2.24) is 4.98 Å². The number of aryl methyl sites for hydroxylation is 2. The fourth-order valence-electron chi connectivity index (χ4n) is 1.85. The second kappa shape index (κ2) is 3.40. The summed E-state index contributed by atoms with van der Waals surface area (Å²) in [6.45, 7) is 4.80. The molecule has 1 saturated heterocycles. The molecule has 3 heteroatoms. The van der Waals surface area contributed by atoms with Crippen LogP contribution < -0.4 is 4.90 Å². The molecule has 1 fully saturated rings. The number of hydrogen-bond acceptors (Lipinski definition) is 2. The number of anilines is 1. The lowest BCUT2D eigenvalue weighted by atomic mass is 10.2. The molecule has 1 amide bonds. The number of pyridine rings is 1. The number of carbonyl (C=O) groups excluding carboxylic acids is 1. The van der Waals surface area contributed by atoms with Crippen molar-refractivity contribution in [3.05, 3.63) is 23.4 Å². The number of hydrogen-bond donors (Lipinski definition) is 0. The molecule has 0 aromatic carbocycles. The summed E-state index contributed by atoms with van der Waals surface area (Å²) in [5.74, 6) is 1.01. The number of nitrogens with zero attached hydrogens (tertiary/aromatic N) is 2. The van der Waals surface area contributed by atoms with E-state index in [4.69, 9.17) is 0 Å². The fourth-order valence-corrected chi connectivity index (χ4v) is 1.85. The third kappa shape index (κ3) is 1.62. The van der Waals surface area contributed by atoms with Gasteiger partial charge in [-0.3, -0.25) is 9.69 Å². The van der Waals surface area contributed by atoms with Crippen LogP contribution in [0, 0.1) is 13.8 Å². The Kier molecular flexibility index (Phi) is 2.23. The molecule has 0 spiro atoms. The Morgan fingerprint density at radius 2 is 2.14 bits per heavy atom. The fraction of sp³-hybridized carbons (Fsp3) is 0.455. The molecule has 1 aliphatic heterocycles. The molecule has 0 unspecified atom stereocenters. The summed E-state index contributed by atoms with van der Waals surface area (Å²) in [4.78, 5) is 17.6. The van der Waals surface area contributed by atoms with E-state index in [0.29, 0.717) is 6.42 Å². The summed E-state index contributed by atoms with van der Waals surface area (Å²) in [5, 5.41) is 0. The predicted molar refractivity (Wildman–Crippen MR) is 55.3 cm³/mol. The van der Waals surface area contributed by atoms with Gasteiger partial charge in [-0.25, -0.2) is 4.98 Å². The van der Waals surface area contributed by atoms with Gasteiger partial charge in [0, 0.05) is 18.7 Å². The molecular formula is C11H14N2O. The van der Waals surface area contributed by atoms with Gasteiger partial charge in [0.2, 0.25) is 5.91 Å². The smallest absolute Gasteiger partial charge is 0.228 e. The summed E-state index contributed by atoms with van der Waals surface area (Å²) in [6.07, 6.45) is 1.61. The summed E-state index contributed by atoms with van der Waals surface area (Å²) in [5.41, 5.74) is 2.13. The quantitative estimate of drug-likeness (QED) is 0.676. The lowest BCUT2D eigenvalue weighted by Gasteiger charge is -2.15. The molecule has 74 valence electrons. The third-order valence-corrected chi connectivity index (χ3v) is 2.43. The van der Waals surface area contributed by atoms with Crippen molar-refractivity contribution in [3.8, 4) is 0 Å². The maximum atomic E-state index is 11.5. The van der Waals surface area contributed by atoms with Gasteiger partial charge in [-0.2, -0.15) is 0 Å². The highest BCUT2D eigenvalue weighted by molar-refractivity contribution is 5.94. The van der Waals surface area contributed by atoms with Crippen LogP contribution in [0.2, 0.25) is 0 Å². The van der Waals surface area contributed by atoms with E-state index in [1.54, 1.807) is 4.90 Å². The lowest BCUT2D eigenvalue weighted by Crippen LogP contribution is -2.24. The van der Waals surface area contributed by atoms with Crippen LogP contribution in [0.3, 0.4) is 0 Å². The molecular weight excluding hydrogens is 176 g/mol. The highest BCUT2D eigenvalue weighted by atomic mass is 16.2. The average molecular weight is 190 g/mol. The van der Waals surface area contributed by atoms with E-state index < -0.39 is 0 Å². The molecule has 0 radical (unpaired) electrons. The first-order valence-electron chi connectivity index (χ1n) is 4.92. The molecule has 0 atom stereocenters. The zero-order valence-electron chi connectivity index (χ0n) is 8.58. The number of aromatic nitrogens is 1. The van der Waals surface area contributed by atoms with E-state index in [0.717, 1.165) is 30.0 Å². The average Bonchev–Trinajstić information content (AvgIpc) is 2.49. The summed E-state index contributed by atoms with van der Waals surface area (Å²) in [7, 11) is 0. The monoisotopic (exact) mass is 190 g/mol. The third-order valence-electron chi connectivity index (χ3n) is 2.43. The van der Waals surface area contributed by atoms with Crippen molar-refractivity contribution in [2.24, 2.45) is 0 Å². The molecule has 0 aliphatic carbocycles. The van der Waals surface area contributed by atoms with Crippen molar-refractivity contribution in [1.29, 1.82) is 0 Å². The van der Waals surface area contributed by atoms with Crippen molar-refractivity contribution in [3.63, 3.8) is 0 Å². The largest absolute Gasteiger partial charge is 0.297 e. The first kappa shape index (κ1) is 9.19. The molecule has 2 heterocycles. The van der Waals surface area contributed by atoms with Gasteiger partial charge >= 0.3 is 0 Å². The van der Waals surface area contributed by atoms with E-state index in [2.05, 4.69) is 4.98 Å². The van der Waals surface area contributed by atoms with E-state index in [9.17, 15) is 4.79 Å². The van der Waals surface area contributed by atoms with Gasteiger partial charge in [0.25, 0.3) is 0 Å². The Labute approximate surface area is 83.8 Å². The molecule has 1 aromatic heterocycles. The molecule has 0 N–H and O–H groups in total. The van der Waals surface area contributed by atoms with Gasteiger partial charge in [0.05, 0.1) is 0 Å². The Bertz CT molecular complexity index is 353. The van der Waals surface area contributed by atoms with Crippen LogP contribution in [0.15, 0.2) is 12.1 Å². The Hall–Kier alpha value is -1.38. The summed E-state index contributed by atoms with van der Waals surface area (Å²) >= 11 is 0. The first-order chi connectivity index (χ1) is 6.66. The maximum Gasteiger partial charge on any atom is 0.228 e. The number of amides is 1. The van der Waals surface area contributed by atoms with Gasteiger partial charge in [-0.15, -0.1) is 0 Å². The predicted octanol–water partition coefficient (Wildman–Crippen LogP) is 1.83. The number of carbonyl (C=O) groups is 1. The second-order valence-electron chi connectivity index (χ2n) is 3.79. The minimum Gasteiger partial charge on any atom is -0.297 e. The molecule has 2 rings (SSSR count). The molecule has 0 saturated carbocycles. The van der Waals surface area contributed by atoms with Gasteiger partial charge in [-0.05, 0) is 38.0 Å². The lowest BCUT2D eigenvalue weighted by molar-refractivity contribution is -0.117. The first-order valence-corrected chi connectivity index (χ1v) is 4.92. The van der Waals surface area contributed by atoms with E-state index in [1.165, 1.54) is 0 Å². The number of rotatable bonds is 1. The Morgan fingerprint density at radius 3 is 2.71 bits per heavy atom. The molecule has 1 aliphatic rings.